The number of hydrogen-bond acceptors (Lipinski definition) is 5. The molecule has 7 heteroatoms. The van der Waals surface area contributed by atoms with Gasteiger partial charge in [-0.25, -0.2) is 9.97 Å². The highest BCUT2D eigenvalue weighted by Gasteiger charge is 2.10. The van der Waals surface area contributed by atoms with Gasteiger partial charge in [-0.2, -0.15) is 0 Å². The van der Waals surface area contributed by atoms with Crippen LogP contribution in [0.5, 0.6) is 0 Å². The molecule has 32 heavy (non-hydrogen) atoms. The van der Waals surface area contributed by atoms with Crippen molar-refractivity contribution in [3.05, 3.63) is 94.9 Å². The van der Waals surface area contributed by atoms with Crippen molar-refractivity contribution >= 4 is 39.8 Å². The second-order valence-corrected chi connectivity index (χ2v) is 7.77. The molecule has 4 aromatic rings. The number of aliphatic hydroxyl groups is 1. The Kier molecular flexibility index (Phi) is 6.63. The molecule has 1 amide bonds. The van der Waals surface area contributed by atoms with Crippen LogP contribution >= 0.6 is 11.6 Å². The molecule has 4 rings (SSSR count). The standard InChI is InChI=1S/C25H22ClN4O2/c1-30(12-13-31)24-16-22(26)28-23(29-24)14-17-6-10-21(11-7-17)27-25(32)20-9-8-18-4-2-3-5-19(18)15-20/h2-11,15,31H,12-14H2,1H3,(H,27,32). The maximum atomic E-state index is 12.7. The molecule has 3 aromatic carbocycles. The summed E-state index contributed by atoms with van der Waals surface area (Å²) in [5.41, 5.74) is 2.29. The van der Waals surface area contributed by atoms with Crippen molar-refractivity contribution in [2.24, 2.45) is 0 Å². The molecule has 0 aliphatic rings. The first-order valence-corrected chi connectivity index (χ1v) is 10.6. The van der Waals surface area contributed by atoms with Gasteiger partial charge in [0.25, 0.3) is 5.91 Å². The average Bonchev–Trinajstić information content (AvgIpc) is 2.80. The SMILES string of the molecule is CN(CCO)c1[c]c(Cl)nc(Cc2ccc(NC(=O)c3ccc4ccccc4c3)cc2)n1. The smallest absolute Gasteiger partial charge is 0.255 e. The zero-order valence-electron chi connectivity index (χ0n) is 17.5. The van der Waals surface area contributed by atoms with Gasteiger partial charge in [0, 0.05) is 31.3 Å². The number of nitrogens with zero attached hydrogens (tertiary/aromatic N) is 3. The van der Waals surface area contributed by atoms with Crippen LogP contribution in [0.15, 0.2) is 66.7 Å². The van der Waals surface area contributed by atoms with Crippen molar-refractivity contribution in [2.45, 2.75) is 6.42 Å². The number of rotatable bonds is 7. The molecule has 0 aliphatic carbocycles. The van der Waals surface area contributed by atoms with E-state index in [0.717, 1.165) is 16.3 Å². The molecule has 2 N–H and O–H groups in total. The molecule has 0 atom stereocenters. The number of carbonyl (C=O) groups excluding carboxylic acids is 1. The Balaban J connectivity index is 1.44. The maximum Gasteiger partial charge on any atom is 0.255 e. The minimum Gasteiger partial charge on any atom is -0.395 e. The van der Waals surface area contributed by atoms with Gasteiger partial charge < -0.3 is 15.3 Å². The molecule has 0 saturated carbocycles. The Morgan fingerprint density at radius 1 is 1.06 bits per heavy atom. The lowest BCUT2D eigenvalue weighted by Gasteiger charge is -2.17. The van der Waals surface area contributed by atoms with Crippen LogP contribution < -0.4 is 10.2 Å². The van der Waals surface area contributed by atoms with Crippen molar-refractivity contribution in [2.75, 3.05) is 30.4 Å². The van der Waals surface area contributed by atoms with E-state index in [2.05, 4.69) is 21.4 Å². The molecule has 6 nitrogen and oxygen atoms in total. The second-order valence-electron chi connectivity index (χ2n) is 7.41. The lowest BCUT2D eigenvalue weighted by atomic mass is 10.1. The third-order valence-corrected chi connectivity index (χ3v) is 5.24. The normalized spacial score (nSPS) is 10.8. The van der Waals surface area contributed by atoms with E-state index in [4.69, 9.17) is 16.7 Å². The molecular formula is C25H22ClN4O2. The molecule has 161 valence electrons. The number of nitrogens with one attached hydrogen (secondary N) is 1. The van der Waals surface area contributed by atoms with Gasteiger partial charge in [-0.05, 0) is 40.6 Å². The largest absolute Gasteiger partial charge is 0.395 e. The Bertz CT molecular complexity index is 1240. The third kappa shape index (κ3) is 5.22. The summed E-state index contributed by atoms with van der Waals surface area (Å²) < 4.78 is 0. The van der Waals surface area contributed by atoms with E-state index < -0.39 is 0 Å². The van der Waals surface area contributed by atoms with Crippen molar-refractivity contribution in [1.29, 1.82) is 0 Å². The Labute approximate surface area is 191 Å². The number of benzene rings is 3. The predicted molar refractivity (Wildman–Crippen MR) is 127 cm³/mol. The Morgan fingerprint density at radius 2 is 1.81 bits per heavy atom. The molecule has 1 radical (unpaired) electrons. The van der Waals surface area contributed by atoms with E-state index in [-0.39, 0.29) is 17.7 Å². The molecule has 0 fully saturated rings. The number of anilines is 2. The van der Waals surface area contributed by atoms with Crippen LogP contribution in [0.2, 0.25) is 5.15 Å². The molecule has 0 unspecified atom stereocenters. The monoisotopic (exact) mass is 445 g/mol. The molecule has 0 saturated heterocycles. The van der Waals surface area contributed by atoms with Crippen LogP contribution in [0.1, 0.15) is 21.7 Å². The van der Waals surface area contributed by atoms with Gasteiger partial charge >= 0.3 is 0 Å². The van der Waals surface area contributed by atoms with Crippen LogP contribution in [0, 0.1) is 6.07 Å². The maximum absolute atomic E-state index is 12.7. The van der Waals surface area contributed by atoms with E-state index in [1.54, 1.807) is 4.90 Å². The number of amides is 1. The van der Waals surface area contributed by atoms with Gasteiger partial charge in [-0.1, -0.05) is 54.1 Å². The lowest BCUT2D eigenvalue weighted by Crippen LogP contribution is -2.23. The zero-order valence-corrected chi connectivity index (χ0v) is 18.3. The van der Waals surface area contributed by atoms with Crippen LogP contribution in [0.25, 0.3) is 10.8 Å². The number of aliphatic hydroxyl groups excluding tert-OH is 1. The van der Waals surface area contributed by atoms with Crippen molar-refractivity contribution in [3.8, 4) is 0 Å². The highest BCUT2D eigenvalue weighted by Crippen LogP contribution is 2.19. The fraction of sp³-hybridized carbons (Fsp3) is 0.160. The molecule has 1 heterocycles. The van der Waals surface area contributed by atoms with E-state index in [9.17, 15) is 4.79 Å². The number of hydrogen-bond donors (Lipinski definition) is 2. The molecule has 1 aromatic heterocycles. The topological polar surface area (TPSA) is 78.4 Å². The van der Waals surface area contributed by atoms with Crippen molar-refractivity contribution < 1.29 is 9.90 Å². The predicted octanol–water partition coefficient (Wildman–Crippen LogP) is 4.35. The second kappa shape index (κ2) is 9.77. The van der Waals surface area contributed by atoms with E-state index in [1.165, 1.54) is 0 Å². The molecular weight excluding hydrogens is 424 g/mol. The number of carbonyl (C=O) groups is 1. The number of likely N-dealkylation sites (N-methyl/N-ethyl adjacent to an activating group) is 1. The van der Waals surface area contributed by atoms with Gasteiger partial charge in [0.2, 0.25) is 0 Å². The van der Waals surface area contributed by atoms with Crippen molar-refractivity contribution in [1.82, 2.24) is 9.97 Å². The third-order valence-electron chi connectivity index (χ3n) is 5.06. The summed E-state index contributed by atoms with van der Waals surface area (Å²) in [6.45, 7) is 0.433. The van der Waals surface area contributed by atoms with Crippen LogP contribution in [0.3, 0.4) is 0 Å². The summed E-state index contributed by atoms with van der Waals surface area (Å²) in [5, 5.41) is 14.4. The summed E-state index contributed by atoms with van der Waals surface area (Å²) in [6, 6.07) is 24.0. The van der Waals surface area contributed by atoms with Crippen LogP contribution in [-0.4, -0.2) is 41.2 Å². The highest BCUT2D eigenvalue weighted by molar-refractivity contribution is 6.29. The van der Waals surface area contributed by atoms with E-state index >= 15 is 0 Å². The summed E-state index contributed by atoms with van der Waals surface area (Å²) in [6.07, 6.45) is 0.479. The first-order valence-electron chi connectivity index (χ1n) is 10.2. The number of halogens is 1. The fourth-order valence-electron chi connectivity index (χ4n) is 3.35. The Morgan fingerprint density at radius 3 is 2.56 bits per heavy atom. The van der Waals surface area contributed by atoms with Crippen LogP contribution in [0.4, 0.5) is 11.5 Å². The first-order chi connectivity index (χ1) is 15.5. The molecule has 0 spiro atoms. The van der Waals surface area contributed by atoms with Gasteiger partial charge in [-0.15, -0.1) is 0 Å². The van der Waals surface area contributed by atoms with Gasteiger partial charge in [0.15, 0.2) is 0 Å². The highest BCUT2D eigenvalue weighted by atomic mass is 35.5. The summed E-state index contributed by atoms with van der Waals surface area (Å²) in [7, 11) is 1.81. The summed E-state index contributed by atoms with van der Waals surface area (Å²) >= 11 is 6.09. The molecule has 0 aliphatic heterocycles. The fourth-order valence-corrected chi connectivity index (χ4v) is 3.53. The van der Waals surface area contributed by atoms with Gasteiger partial charge in [-0.3, -0.25) is 4.79 Å². The van der Waals surface area contributed by atoms with E-state index in [1.807, 2.05) is 73.8 Å². The average molecular weight is 446 g/mol. The quantitative estimate of drug-likeness (QED) is 0.413. The van der Waals surface area contributed by atoms with Crippen LogP contribution in [-0.2, 0) is 6.42 Å². The van der Waals surface area contributed by atoms with E-state index in [0.29, 0.717) is 35.9 Å². The summed E-state index contributed by atoms with van der Waals surface area (Å²) in [4.78, 5) is 23.1. The number of fused-ring (bicyclic) bond motifs is 1. The lowest BCUT2D eigenvalue weighted by molar-refractivity contribution is 0.102. The number of aromatic nitrogens is 2. The first kappa shape index (κ1) is 21.7. The summed E-state index contributed by atoms with van der Waals surface area (Å²) in [5.74, 6) is 0.934. The zero-order chi connectivity index (χ0) is 22.5. The van der Waals surface area contributed by atoms with Gasteiger partial charge in [0.05, 0.1) is 12.7 Å². The van der Waals surface area contributed by atoms with Gasteiger partial charge in [0.1, 0.15) is 16.8 Å². The molecule has 0 bridgehead atoms. The minimum atomic E-state index is -0.159. The Hall–Kier alpha value is -3.48. The minimum absolute atomic E-state index is 0.00762. The van der Waals surface area contributed by atoms with Crippen molar-refractivity contribution in [3.63, 3.8) is 0 Å².